The minimum atomic E-state index is -0.103. The molecule has 1 aliphatic rings. The van der Waals surface area contributed by atoms with Gasteiger partial charge >= 0.3 is 0 Å². The van der Waals surface area contributed by atoms with Gasteiger partial charge in [0.1, 0.15) is 5.82 Å². The number of benzene rings is 1. The van der Waals surface area contributed by atoms with Crippen molar-refractivity contribution in [1.82, 2.24) is 5.32 Å². The van der Waals surface area contributed by atoms with Crippen molar-refractivity contribution < 1.29 is 4.39 Å². The molecule has 0 unspecified atom stereocenters. The molecule has 88 valence electrons. The average molecular weight is 239 g/mol. The van der Waals surface area contributed by atoms with Crippen LogP contribution in [-0.2, 0) is 0 Å². The smallest absolute Gasteiger partial charge is 0.136 e. The van der Waals surface area contributed by atoms with Crippen LogP contribution in [0.1, 0.15) is 25.7 Å². The van der Waals surface area contributed by atoms with Crippen molar-refractivity contribution in [3.8, 4) is 0 Å². The summed E-state index contributed by atoms with van der Waals surface area (Å²) in [4.78, 5) is 0.760. The molecule has 0 aromatic heterocycles. The molecule has 1 saturated carbocycles. The Hall–Kier alpha value is -0.540. The molecule has 1 nitrogen and oxygen atoms in total. The summed E-state index contributed by atoms with van der Waals surface area (Å²) in [5.74, 6) is 0.839. The van der Waals surface area contributed by atoms with E-state index in [-0.39, 0.29) is 5.82 Å². The van der Waals surface area contributed by atoms with Crippen molar-refractivity contribution in [3.05, 3.63) is 30.1 Å². The Kier molecular flexibility index (Phi) is 4.67. The van der Waals surface area contributed by atoms with Gasteiger partial charge in [0.2, 0.25) is 0 Å². The lowest BCUT2D eigenvalue weighted by Gasteiger charge is -2.11. The van der Waals surface area contributed by atoms with E-state index in [0.717, 1.165) is 17.2 Å². The first kappa shape index (κ1) is 11.9. The van der Waals surface area contributed by atoms with Gasteiger partial charge in [-0.3, -0.25) is 0 Å². The fourth-order valence-electron chi connectivity index (χ4n) is 2.12. The third-order valence-corrected chi connectivity index (χ3v) is 4.03. The number of nitrogens with one attached hydrogen (secondary N) is 1. The molecular formula is C13H18FNS. The summed E-state index contributed by atoms with van der Waals surface area (Å²) in [5, 5.41) is 3.53. The molecule has 1 N–H and O–H groups in total. The zero-order valence-corrected chi connectivity index (χ0v) is 10.2. The minimum absolute atomic E-state index is 0.103. The van der Waals surface area contributed by atoms with E-state index in [4.69, 9.17) is 0 Å². The predicted molar refractivity (Wildman–Crippen MR) is 67.4 cm³/mol. The maximum atomic E-state index is 13.3. The van der Waals surface area contributed by atoms with Gasteiger partial charge in [0, 0.05) is 23.2 Å². The maximum Gasteiger partial charge on any atom is 0.136 e. The molecule has 1 fully saturated rings. The van der Waals surface area contributed by atoms with Gasteiger partial charge in [-0.25, -0.2) is 4.39 Å². The summed E-state index contributed by atoms with van der Waals surface area (Å²) in [6.45, 7) is 0.976. The van der Waals surface area contributed by atoms with Gasteiger partial charge in [0.15, 0.2) is 0 Å². The van der Waals surface area contributed by atoms with E-state index in [1.807, 2.05) is 12.1 Å². The molecule has 0 aliphatic heterocycles. The Labute approximate surface area is 101 Å². The van der Waals surface area contributed by atoms with Gasteiger partial charge in [-0.1, -0.05) is 25.0 Å². The van der Waals surface area contributed by atoms with Crippen LogP contribution in [0.25, 0.3) is 0 Å². The number of halogens is 1. The minimum Gasteiger partial charge on any atom is -0.313 e. The van der Waals surface area contributed by atoms with Crippen LogP contribution in [-0.4, -0.2) is 18.3 Å². The summed E-state index contributed by atoms with van der Waals surface area (Å²) >= 11 is 1.59. The summed E-state index contributed by atoms with van der Waals surface area (Å²) in [7, 11) is 0. The highest BCUT2D eigenvalue weighted by atomic mass is 32.2. The highest BCUT2D eigenvalue weighted by molar-refractivity contribution is 7.99. The summed E-state index contributed by atoms with van der Waals surface area (Å²) < 4.78 is 13.3. The molecule has 0 heterocycles. The van der Waals surface area contributed by atoms with Gasteiger partial charge in [-0.2, -0.15) is 0 Å². The van der Waals surface area contributed by atoms with Crippen molar-refractivity contribution in [2.45, 2.75) is 36.6 Å². The van der Waals surface area contributed by atoms with Crippen LogP contribution in [0.4, 0.5) is 4.39 Å². The summed E-state index contributed by atoms with van der Waals surface area (Å²) in [6, 6.07) is 7.69. The van der Waals surface area contributed by atoms with Gasteiger partial charge in [0.05, 0.1) is 0 Å². The largest absolute Gasteiger partial charge is 0.313 e. The van der Waals surface area contributed by atoms with Crippen molar-refractivity contribution >= 4 is 11.8 Å². The van der Waals surface area contributed by atoms with Gasteiger partial charge < -0.3 is 5.32 Å². The van der Waals surface area contributed by atoms with Crippen LogP contribution in [0.5, 0.6) is 0 Å². The monoisotopic (exact) mass is 239 g/mol. The van der Waals surface area contributed by atoms with Crippen LogP contribution in [0.2, 0.25) is 0 Å². The van der Waals surface area contributed by atoms with E-state index in [1.54, 1.807) is 17.8 Å². The average Bonchev–Trinajstić information content (AvgIpc) is 2.79. The zero-order valence-electron chi connectivity index (χ0n) is 9.42. The van der Waals surface area contributed by atoms with E-state index >= 15 is 0 Å². The SMILES string of the molecule is Fc1ccccc1SCCNC1CCCC1. The third-order valence-electron chi connectivity index (χ3n) is 2.98. The predicted octanol–water partition coefficient (Wildman–Crippen LogP) is 3.45. The lowest BCUT2D eigenvalue weighted by molar-refractivity contribution is 0.545. The number of rotatable bonds is 5. The Morgan fingerprint density at radius 2 is 2.00 bits per heavy atom. The molecule has 0 amide bonds. The fraction of sp³-hybridized carbons (Fsp3) is 0.538. The lowest BCUT2D eigenvalue weighted by atomic mass is 10.2. The molecule has 1 aromatic rings. The van der Waals surface area contributed by atoms with Gasteiger partial charge in [-0.15, -0.1) is 11.8 Å². The molecule has 16 heavy (non-hydrogen) atoms. The topological polar surface area (TPSA) is 12.0 Å². The Bertz CT molecular complexity index is 323. The standard InChI is InChI=1S/C13H18FNS/c14-12-7-3-4-8-13(12)16-10-9-15-11-5-1-2-6-11/h3-4,7-8,11,15H,1-2,5-6,9-10H2. The van der Waals surface area contributed by atoms with Crippen molar-refractivity contribution in [2.75, 3.05) is 12.3 Å². The van der Waals surface area contributed by atoms with E-state index in [9.17, 15) is 4.39 Å². The first-order valence-corrected chi connectivity index (χ1v) is 6.95. The van der Waals surface area contributed by atoms with Crippen molar-refractivity contribution in [2.24, 2.45) is 0 Å². The highest BCUT2D eigenvalue weighted by Crippen LogP contribution is 2.21. The molecule has 0 spiro atoms. The van der Waals surface area contributed by atoms with Crippen molar-refractivity contribution in [1.29, 1.82) is 0 Å². The maximum absolute atomic E-state index is 13.3. The molecule has 0 bridgehead atoms. The van der Waals surface area contributed by atoms with Crippen LogP contribution < -0.4 is 5.32 Å². The summed E-state index contributed by atoms with van der Waals surface area (Å²) in [5.41, 5.74) is 0. The fourth-order valence-corrected chi connectivity index (χ4v) is 2.94. The lowest BCUT2D eigenvalue weighted by Crippen LogP contribution is -2.28. The third kappa shape index (κ3) is 3.49. The van der Waals surface area contributed by atoms with Crippen LogP contribution in [0.3, 0.4) is 0 Å². The molecular weight excluding hydrogens is 221 g/mol. The first-order chi connectivity index (χ1) is 7.86. The van der Waals surface area contributed by atoms with Gasteiger partial charge in [-0.05, 0) is 25.0 Å². The summed E-state index contributed by atoms with van der Waals surface area (Å²) in [6.07, 6.45) is 5.34. The molecule has 0 atom stereocenters. The second-order valence-corrected chi connectivity index (χ2v) is 5.35. The molecule has 0 radical (unpaired) electrons. The number of hydrogen-bond donors (Lipinski definition) is 1. The normalized spacial score (nSPS) is 16.8. The molecule has 0 saturated heterocycles. The molecule has 3 heteroatoms. The second kappa shape index (κ2) is 6.26. The Morgan fingerprint density at radius 1 is 1.25 bits per heavy atom. The Balaban J connectivity index is 1.66. The van der Waals surface area contributed by atoms with Crippen LogP contribution in [0, 0.1) is 5.82 Å². The second-order valence-electron chi connectivity index (χ2n) is 4.21. The van der Waals surface area contributed by atoms with E-state index in [1.165, 1.54) is 31.7 Å². The van der Waals surface area contributed by atoms with E-state index in [2.05, 4.69) is 5.32 Å². The van der Waals surface area contributed by atoms with Gasteiger partial charge in [0.25, 0.3) is 0 Å². The quantitative estimate of drug-likeness (QED) is 0.624. The van der Waals surface area contributed by atoms with E-state index in [0.29, 0.717) is 6.04 Å². The highest BCUT2D eigenvalue weighted by Gasteiger charge is 2.13. The first-order valence-electron chi connectivity index (χ1n) is 5.97. The zero-order chi connectivity index (χ0) is 11.2. The molecule has 2 rings (SSSR count). The van der Waals surface area contributed by atoms with E-state index < -0.39 is 0 Å². The number of hydrogen-bond acceptors (Lipinski definition) is 2. The molecule has 1 aliphatic carbocycles. The number of thioether (sulfide) groups is 1. The Morgan fingerprint density at radius 3 is 2.75 bits per heavy atom. The van der Waals surface area contributed by atoms with Crippen LogP contribution in [0.15, 0.2) is 29.2 Å². The molecule has 1 aromatic carbocycles. The van der Waals surface area contributed by atoms with Crippen molar-refractivity contribution in [3.63, 3.8) is 0 Å². The van der Waals surface area contributed by atoms with Crippen LogP contribution >= 0.6 is 11.8 Å².